The lowest BCUT2D eigenvalue weighted by atomic mass is 10.3. The molecule has 1 heterocycles. The summed E-state index contributed by atoms with van der Waals surface area (Å²) in [6.45, 7) is 0. The molecule has 0 N–H and O–H groups in total. The van der Waals surface area contributed by atoms with E-state index in [0.29, 0.717) is 4.90 Å². The lowest BCUT2D eigenvalue weighted by Crippen LogP contribution is -2.10. The highest BCUT2D eigenvalue weighted by atomic mass is 32.2. The quantitative estimate of drug-likeness (QED) is 0.471. The number of hydrogen-bond acceptors (Lipinski definition) is 5. The van der Waals surface area contributed by atoms with Gasteiger partial charge in [0.2, 0.25) is 4.90 Å². The third-order valence-corrected chi connectivity index (χ3v) is 8.96. The van der Waals surface area contributed by atoms with Crippen molar-refractivity contribution in [3.8, 4) is 5.75 Å². The second kappa shape index (κ2) is 6.40. The van der Waals surface area contributed by atoms with Gasteiger partial charge in [-0.3, -0.25) is 0 Å². The van der Waals surface area contributed by atoms with Crippen LogP contribution in [0.1, 0.15) is 0 Å². The minimum atomic E-state index is -3.95. The smallest absolute Gasteiger partial charge is 0.344 e. The molecule has 138 valence electrons. The molecule has 1 aliphatic rings. The summed E-state index contributed by atoms with van der Waals surface area (Å²) in [7, 11) is -8.02. The van der Waals surface area contributed by atoms with E-state index in [1.807, 2.05) is 12.1 Å². The molecule has 27 heavy (non-hydrogen) atoms. The standard InChI is InChI=1S/C19H15O5S3/c1-26(20,21)15-12-10-14(11-13-15)25-17-7-3-2-6-16(17)24-27(22,23)19-9-5-4-8-18(19)25/h2-13H,1H3/q+1. The average Bonchev–Trinajstić information content (AvgIpc) is 2.73. The molecule has 0 saturated carbocycles. The van der Waals surface area contributed by atoms with E-state index in [0.717, 1.165) is 16.0 Å². The van der Waals surface area contributed by atoms with Crippen LogP contribution in [0.4, 0.5) is 0 Å². The SMILES string of the molecule is CS(=O)(=O)c1ccc([S+]2c3ccccc3OS(=O)(=O)c3ccccc32)cc1. The van der Waals surface area contributed by atoms with Gasteiger partial charge in [-0.2, -0.15) is 8.42 Å². The zero-order chi connectivity index (χ0) is 19.2. The van der Waals surface area contributed by atoms with Crippen LogP contribution in [0.2, 0.25) is 0 Å². The minimum absolute atomic E-state index is 0.122. The van der Waals surface area contributed by atoms with E-state index in [-0.39, 0.29) is 15.5 Å². The first-order chi connectivity index (χ1) is 12.8. The van der Waals surface area contributed by atoms with Crippen molar-refractivity contribution in [2.45, 2.75) is 24.5 Å². The van der Waals surface area contributed by atoms with E-state index in [4.69, 9.17) is 4.18 Å². The number of rotatable bonds is 2. The van der Waals surface area contributed by atoms with E-state index in [1.54, 1.807) is 54.6 Å². The van der Waals surface area contributed by atoms with E-state index in [9.17, 15) is 16.8 Å². The Morgan fingerprint density at radius 3 is 2.07 bits per heavy atom. The van der Waals surface area contributed by atoms with Gasteiger partial charge in [-0.25, -0.2) is 8.42 Å². The fraction of sp³-hybridized carbons (Fsp3) is 0.0526. The lowest BCUT2D eigenvalue weighted by molar-refractivity contribution is 0.480. The monoisotopic (exact) mass is 419 g/mol. The van der Waals surface area contributed by atoms with Gasteiger partial charge in [-0.05, 0) is 48.5 Å². The summed E-state index contributed by atoms with van der Waals surface area (Å²) in [6, 6.07) is 20.3. The lowest BCUT2D eigenvalue weighted by Gasteiger charge is -2.08. The number of para-hydroxylation sites is 1. The summed E-state index contributed by atoms with van der Waals surface area (Å²) in [4.78, 5) is 2.50. The van der Waals surface area contributed by atoms with Crippen LogP contribution in [0.25, 0.3) is 0 Å². The van der Waals surface area contributed by atoms with Crippen molar-refractivity contribution in [2.75, 3.05) is 6.26 Å². The van der Waals surface area contributed by atoms with E-state index >= 15 is 0 Å². The summed E-state index contributed by atoms with van der Waals surface area (Å²) in [5.41, 5.74) is 0. The molecule has 1 atom stereocenters. The Kier molecular flexibility index (Phi) is 4.29. The molecule has 1 aliphatic heterocycles. The van der Waals surface area contributed by atoms with Crippen LogP contribution in [0.15, 0.2) is 97.3 Å². The van der Waals surface area contributed by atoms with Crippen molar-refractivity contribution in [1.82, 2.24) is 0 Å². The van der Waals surface area contributed by atoms with Gasteiger partial charge in [0.25, 0.3) is 0 Å². The van der Waals surface area contributed by atoms with Crippen LogP contribution in [0.5, 0.6) is 5.75 Å². The van der Waals surface area contributed by atoms with Crippen molar-refractivity contribution >= 4 is 30.9 Å². The molecular weight excluding hydrogens is 404 g/mol. The van der Waals surface area contributed by atoms with Gasteiger partial charge in [0.1, 0.15) is 10.9 Å². The molecule has 8 heteroatoms. The van der Waals surface area contributed by atoms with Crippen LogP contribution in [-0.2, 0) is 30.9 Å². The first kappa shape index (κ1) is 18.1. The normalized spacial score (nSPS) is 17.9. The van der Waals surface area contributed by atoms with Crippen LogP contribution in [-0.4, -0.2) is 23.1 Å². The Hall–Kier alpha value is -2.29. The van der Waals surface area contributed by atoms with Gasteiger partial charge in [-0.15, -0.1) is 0 Å². The van der Waals surface area contributed by atoms with Gasteiger partial charge < -0.3 is 4.18 Å². The Labute approximate surface area is 161 Å². The molecule has 0 bridgehead atoms. The number of benzene rings is 3. The van der Waals surface area contributed by atoms with Gasteiger partial charge in [0.05, 0.1) is 4.90 Å². The molecule has 4 rings (SSSR count). The zero-order valence-electron chi connectivity index (χ0n) is 14.2. The van der Waals surface area contributed by atoms with Crippen molar-refractivity contribution < 1.29 is 21.0 Å². The van der Waals surface area contributed by atoms with Crippen LogP contribution in [0.3, 0.4) is 0 Å². The number of hydrogen-bond donors (Lipinski definition) is 0. The maximum absolute atomic E-state index is 12.7. The van der Waals surface area contributed by atoms with Crippen molar-refractivity contribution in [1.29, 1.82) is 0 Å². The maximum atomic E-state index is 12.7. The van der Waals surface area contributed by atoms with Gasteiger partial charge >= 0.3 is 10.1 Å². The van der Waals surface area contributed by atoms with Crippen LogP contribution in [0, 0.1) is 0 Å². The van der Waals surface area contributed by atoms with E-state index in [1.165, 1.54) is 6.07 Å². The topological polar surface area (TPSA) is 77.5 Å². The second-order valence-electron chi connectivity index (χ2n) is 5.98. The molecule has 0 fully saturated rings. The van der Waals surface area contributed by atoms with Crippen LogP contribution < -0.4 is 4.18 Å². The third-order valence-electron chi connectivity index (χ3n) is 4.09. The van der Waals surface area contributed by atoms with Gasteiger partial charge in [0.15, 0.2) is 30.3 Å². The Bertz CT molecular complexity index is 1230. The fourth-order valence-electron chi connectivity index (χ4n) is 2.87. The van der Waals surface area contributed by atoms with Crippen LogP contribution >= 0.6 is 0 Å². The molecule has 0 radical (unpaired) electrons. The summed E-state index contributed by atoms with van der Waals surface area (Å²) in [5.74, 6) is 0.282. The number of sulfone groups is 1. The summed E-state index contributed by atoms with van der Waals surface area (Å²) < 4.78 is 54.3. The van der Waals surface area contributed by atoms with Gasteiger partial charge in [-0.1, -0.05) is 24.3 Å². The predicted molar refractivity (Wildman–Crippen MR) is 102 cm³/mol. The highest BCUT2D eigenvalue weighted by Gasteiger charge is 2.42. The molecule has 0 spiro atoms. The molecular formula is C19H15O5S3+. The molecule has 0 aliphatic carbocycles. The Morgan fingerprint density at radius 1 is 0.815 bits per heavy atom. The highest BCUT2D eigenvalue weighted by molar-refractivity contribution is 7.98. The van der Waals surface area contributed by atoms with Crippen molar-refractivity contribution in [2.24, 2.45) is 0 Å². The van der Waals surface area contributed by atoms with Gasteiger partial charge in [0, 0.05) is 6.26 Å². The molecule has 3 aromatic rings. The predicted octanol–water partition coefficient (Wildman–Crippen LogP) is 3.27. The molecule has 0 aromatic heterocycles. The summed E-state index contributed by atoms with van der Waals surface area (Å²) >= 11 is 0. The van der Waals surface area contributed by atoms with E-state index in [2.05, 4.69) is 0 Å². The first-order valence-corrected chi connectivity index (χ1v) is 12.5. The average molecular weight is 420 g/mol. The maximum Gasteiger partial charge on any atom is 0.344 e. The molecule has 0 amide bonds. The molecule has 1 unspecified atom stereocenters. The Morgan fingerprint density at radius 2 is 1.41 bits per heavy atom. The second-order valence-corrected chi connectivity index (χ2v) is 11.5. The van der Waals surface area contributed by atoms with Crippen molar-refractivity contribution in [3.05, 3.63) is 72.8 Å². The summed E-state index contributed by atoms with van der Waals surface area (Å²) in [5, 5.41) is 0. The highest BCUT2D eigenvalue weighted by Crippen LogP contribution is 2.43. The zero-order valence-corrected chi connectivity index (χ0v) is 16.6. The number of fused-ring (bicyclic) bond motifs is 2. The first-order valence-electron chi connectivity index (χ1n) is 7.94. The third kappa shape index (κ3) is 3.24. The summed E-state index contributed by atoms with van der Waals surface area (Å²) in [6.07, 6.45) is 1.15. The Balaban J connectivity index is 2.00. The van der Waals surface area contributed by atoms with E-state index < -0.39 is 30.9 Å². The minimum Gasteiger partial charge on any atom is -0.373 e. The molecule has 3 aromatic carbocycles. The largest absolute Gasteiger partial charge is 0.373 e. The molecule has 0 saturated heterocycles. The fourth-order valence-corrected chi connectivity index (χ4v) is 7.30. The molecule has 5 nitrogen and oxygen atoms in total. The van der Waals surface area contributed by atoms with Crippen molar-refractivity contribution in [3.63, 3.8) is 0 Å².